The fourth-order valence-corrected chi connectivity index (χ4v) is 3.26. The highest BCUT2D eigenvalue weighted by molar-refractivity contribution is 9.10. The van der Waals surface area contributed by atoms with E-state index in [9.17, 15) is 8.42 Å². The molecule has 0 amide bonds. The van der Waals surface area contributed by atoms with Crippen LogP contribution < -0.4 is 10.1 Å². The van der Waals surface area contributed by atoms with Gasteiger partial charge in [-0.2, -0.15) is 0 Å². The maximum Gasteiger partial charge on any atom is 0.151 e. The highest BCUT2D eigenvalue weighted by Gasteiger charge is 2.29. The van der Waals surface area contributed by atoms with Crippen LogP contribution in [0.3, 0.4) is 0 Å². The van der Waals surface area contributed by atoms with Crippen LogP contribution in [0.1, 0.15) is 37.4 Å². The minimum Gasteiger partial charge on any atom is -0.496 e. The molecule has 0 aliphatic carbocycles. The van der Waals surface area contributed by atoms with E-state index in [0.29, 0.717) is 5.75 Å². The molecule has 0 aliphatic heterocycles. The van der Waals surface area contributed by atoms with Gasteiger partial charge in [-0.1, -0.05) is 22.9 Å². The second-order valence-electron chi connectivity index (χ2n) is 5.31. The molecule has 1 N–H and O–H groups in total. The van der Waals surface area contributed by atoms with Crippen LogP contribution in [-0.4, -0.2) is 33.6 Å². The number of halogens is 1. The zero-order chi connectivity index (χ0) is 16.2. The lowest BCUT2D eigenvalue weighted by Gasteiger charge is -2.26. The van der Waals surface area contributed by atoms with E-state index >= 15 is 0 Å². The van der Waals surface area contributed by atoms with Crippen molar-refractivity contribution in [2.45, 2.75) is 38.5 Å². The molecular weight excluding hydrogens is 354 g/mol. The Morgan fingerprint density at radius 3 is 2.48 bits per heavy atom. The molecule has 0 aromatic heterocycles. The van der Waals surface area contributed by atoms with E-state index in [2.05, 4.69) is 28.2 Å². The predicted octanol–water partition coefficient (Wildman–Crippen LogP) is 3.24. The zero-order valence-electron chi connectivity index (χ0n) is 13.2. The van der Waals surface area contributed by atoms with Crippen molar-refractivity contribution in [2.75, 3.05) is 19.9 Å². The van der Waals surface area contributed by atoms with Crippen molar-refractivity contribution in [3.63, 3.8) is 0 Å². The fourth-order valence-electron chi connectivity index (χ4n) is 2.17. The van der Waals surface area contributed by atoms with Crippen molar-refractivity contribution >= 4 is 25.8 Å². The monoisotopic (exact) mass is 377 g/mol. The largest absolute Gasteiger partial charge is 0.496 e. The van der Waals surface area contributed by atoms with Gasteiger partial charge in [0.1, 0.15) is 5.75 Å². The summed E-state index contributed by atoms with van der Waals surface area (Å²) in [5.41, 5.74) is 1.92. The standard InChI is InChI=1S/C15H24BrNO3S/c1-6-7-17-15(11(3)21(5,18)19)12-9-13(16)10(2)8-14(12)20-4/h8-9,11,15,17H,6-7H2,1-5H3. The number of benzene rings is 1. The molecule has 120 valence electrons. The number of methoxy groups -OCH3 is 1. The SMILES string of the molecule is CCCNC(c1cc(Br)c(C)cc1OC)C(C)S(C)(=O)=O. The number of hydrogen-bond acceptors (Lipinski definition) is 4. The fraction of sp³-hybridized carbons (Fsp3) is 0.600. The molecule has 1 rings (SSSR count). The van der Waals surface area contributed by atoms with E-state index < -0.39 is 15.1 Å². The van der Waals surface area contributed by atoms with Crippen LogP contribution in [0.25, 0.3) is 0 Å². The van der Waals surface area contributed by atoms with Gasteiger partial charge in [-0.05, 0) is 44.5 Å². The molecule has 21 heavy (non-hydrogen) atoms. The Bertz CT molecular complexity index is 587. The van der Waals surface area contributed by atoms with Crippen molar-refractivity contribution in [3.8, 4) is 5.75 Å². The van der Waals surface area contributed by atoms with E-state index in [1.165, 1.54) is 6.26 Å². The van der Waals surface area contributed by atoms with Gasteiger partial charge >= 0.3 is 0 Å². The predicted molar refractivity (Wildman–Crippen MR) is 90.8 cm³/mol. The van der Waals surface area contributed by atoms with E-state index in [0.717, 1.165) is 28.6 Å². The van der Waals surface area contributed by atoms with Gasteiger partial charge in [-0.3, -0.25) is 0 Å². The van der Waals surface area contributed by atoms with E-state index in [1.807, 2.05) is 19.1 Å². The normalized spacial score (nSPS) is 14.8. The number of hydrogen-bond donors (Lipinski definition) is 1. The summed E-state index contributed by atoms with van der Waals surface area (Å²) in [6.45, 7) is 6.51. The third kappa shape index (κ3) is 4.69. The lowest BCUT2D eigenvalue weighted by molar-refractivity contribution is 0.396. The summed E-state index contributed by atoms with van der Waals surface area (Å²) in [6, 6.07) is 3.57. The van der Waals surface area contributed by atoms with Gasteiger partial charge in [-0.25, -0.2) is 8.42 Å². The molecule has 1 aromatic carbocycles. The van der Waals surface area contributed by atoms with Gasteiger partial charge in [0, 0.05) is 16.3 Å². The Balaban J connectivity index is 3.35. The molecule has 4 nitrogen and oxygen atoms in total. The Kier molecular flexibility index (Phi) is 6.69. The van der Waals surface area contributed by atoms with Crippen LogP contribution in [-0.2, 0) is 9.84 Å². The van der Waals surface area contributed by atoms with Crippen LogP contribution in [0.5, 0.6) is 5.75 Å². The van der Waals surface area contributed by atoms with Gasteiger partial charge in [-0.15, -0.1) is 0 Å². The smallest absolute Gasteiger partial charge is 0.151 e. The topological polar surface area (TPSA) is 55.4 Å². The summed E-state index contributed by atoms with van der Waals surface area (Å²) in [4.78, 5) is 0. The molecular formula is C15H24BrNO3S. The molecule has 0 aliphatic rings. The molecule has 2 unspecified atom stereocenters. The van der Waals surface area contributed by atoms with Crippen molar-refractivity contribution in [2.24, 2.45) is 0 Å². The molecule has 6 heteroatoms. The summed E-state index contributed by atoms with van der Waals surface area (Å²) in [7, 11) is -1.56. The van der Waals surface area contributed by atoms with Crippen LogP contribution in [0.4, 0.5) is 0 Å². The first-order valence-electron chi connectivity index (χ1n) is 6.98. The molecule has 1 aromatic rings. The third-order valence-corrected chi connectivity index (χ3v) is 6.08. The molecule has 2 atom stereocenters. The van der Waals surface area contributed by atoms with Crippen molar-refractivity contribution in [3.05, 3.63) is 27.7 Å². The second kappa shape index (κ2) is 7.61. The Hall–Kier alpha value is -0.590. The minimum atomic E-state index is -3.16. The quantitative estimate of drug-likeness (QED) is 0.792. The molecule has 0 bridgehead atoms. The molecule has 0 spiro atoms. The molecule has 0 saturated heterocycles. The minimum absolute atomic E-state index is 0.299. The summed E-state index contributed by atoms with van der Waals surface area (Å²) in [5, 5.41) is 2.80. The maximum atomic E-state index is 12.0. The van der Waals surface area contributed by atoms with E-state index in [1.54, 1.807) is 14.0 Å². The highest BCUT2D eigenvalue weighted by atomic mass is 79.9. The lowest BCUT2D eigenvalue weighted by atomic mass is 10.0. The first-order chi connectivity index (χ1) is 9.72. The van der Waals surface area contributed by atoms with Crippen molar-refractivity contribution < 1.29 is 13.2 Å². The van der Waals surface area contributed by atoms with Gasteiger partial charge in [0.05, 0.1) is 18.4 Å². The zero-order valence-corrected chi connectivity index (χ0v) is 15.6. The first kappa shape index (κ1) is 18.5. The second-order valence-corrected chi connectivity index (χ2v) is 8.57. The highest BCUT2D eigenvalue weighted by Crippen LogP contribution is 2.34. The molecule has 0 fully saturated rings. The Morgan fingerprint density at radius 1 is 1.38 bits per heavy atom. The molecule has 0 radical (unpaired) electrons. The Morgan fingerprint density at radius 2 is 2.00 bits per heavy atom. The van der Waals surface area contributed by atoms with Crippen LogP contribution in [0.2, 0.25) is 0 Å². The van der Waals surface area contributed by atoms with Crippen LogP contribution in [0, 0.1) is 6.92 Å². The van der Waals surface area contributed by atoms with Gasteiger partial charge in [0.15, 0.2) is 9.84 Å². The maximum absolute atomic E-state index is 12.0. The number of ether oxygens (including phenoxy) is 1. The number of rotatable bonds is 7. The van der Waals surface area contributed by atoms with Gasteiger partial charge in [0.25, 0.3) is 0 Å². The summed E-state index contributed by atoms with van der Waals surface area (Å²) in [6.07, 6.45) is 2.20. The summed E-state index contributed by atoms with van der Waals surface area (Å²) in [5.74, 6) is 0.708. The van der Waals surface area contributed by atoms with Crippen LogP contribution in [0.15, 0.2) is 16.6 Å². The number of sulfone groups is 1. The Labute approximate surface area is 136 Å². The van der Waals surface area contributed by atoms with E-state index in [4.69, 9.17) is 4.74 Å². The van der Waals surface area contributed by atoms with E-state index in [-0.39, 0.29) is 6.04 Å². The summed E-state index contributed by atoms with van der Waals surface area (Å²) >= 11 is 3.51. The molecule has 0 heterocycles. The summed E-state index contributed by atoms with van der Waals surface area (Å²) < 4.78 is 30.3. The van der Waals surface area contributed by atoms with Crippen molar-refractivity contribution in [1.82, 2.24) is 5.32 Å². The molecule has 0 saturated carbocycles. The lowest BCUT2D eigenvalue weighted by Crippen LogP contribution is -2.35. The first-order valence-corrected chi connectivity index (χ1v) is 9.73. The van der Waals surface area contributed by atoms with Crippen molar-refractivity contribution in [1.29, 1.82) is 0 Å². The number of aryl methyl sites for hydroxylation is 1. The van der Waals surface area contributed by atoms with Crippen LogP contribution >= 0.6 is 15.9 Å². The number of nitrogens with one attached hydrogen (secondary N) is 1. The average Bonchev–Trinajstić information content (AvgIpc) is 2.41. The van der Waals surface area contributed by atoms with Gasteiger partial charge < -0.3 is 10.1 Å². The van der Waals surface area contributed by atoms with Gasteiger partial charge in [0.2, 0.25) is 0 Å². The average molecular weight is 378 g/mol. The third-order valence-electron chi connectivity index (χ3n) is 3.61.